The molecule has 0 radical (unpaired) electrons. The van der Waals surface area contributed by atoms with Crippen molar-refractivity contribution in [3.05, 3.63) is 35.9 Å². The molecular formula is C16H23NO4. The zero-order chi connectivity index (χ0) is 15.7. The van der Waals surface area contributed by atoms with E-state index in [-0.39, 0.29) is 19.6 Å². The molecule has 0 heterocycles. The Morgan fingerprint density at radius 3 is 2.00 bits per heavy atom. The molecule has 0 aromatic heterocycles. The molecule has 5 nitrogen and oxygen atoms in total. The minimum atomic E-state index is -1.44. The molecule has 0 fully saturated rings. The van der Waals surface area contributed by atoms with E-state index >= 15 is 0 Å². The highest BCUT2D eigenvalue weighted by Crippen LogP contribution is 2.33. The molecule has 1 rings (SSSR count). The largest absolute Gasteiger partial charge is 0.465 e. The Morgan fingerprint density at radius 1 is 1.05 bits per heavy atom. The average Bonchev–Trinajstić information content (AvgIpc) is 2.50. The number of carbonyl (C=O) groups excluding carboxylic acids is 2. The number of esters is 2. The molecule has 0 aliphatic heterocycles. The van der Waals surface area contributed by atoms with Crippen molar-refractivity contribution in [2.45, 2.75) is 32.1 Å². The summed E-state index contributed by atoms with van der Waals surface area (Å²) in [7, 11) is 0. The molecule has 0 atom stereocenters. The first-order chi connectivity index (χ1) is 10.1. The average molecular weight is 293 g/mol. The Hall–Kier alpha value is -1.88. The van der Waals surface area contributed by atoms with Gasteiger partial charge in [0.2, 0.25) is 0 Å². The Balaban J connectivity index is 3.32. The van der Waals surface area contributed by atoms with Gasteiger partial charge in [-0.15, -0.1) is 0 Å². The Morgan fingerprint density at radius 2 is 1.57 bits per heavy atom. The van der Waals surface area contributed by atoms with E-state index in [0.29, 0.717) is 18.5 Å². The van der Waals surface area contributed by atoms with Crippen molar-refractivity contribution in [3.63, 3.8) is 0 Å². The van der Waals surface area contributed by atoms with Gasteiger partial charge in [0.05, 0.1) is 13.2 Å². The van der Waals surface area contributed by atoms with E-state index in [0.717, 1.165) is 0 Å². The van der Waals surface area contributed by atoms with E-state index in [1.54, 1.807) is 38.1 Å². The lowest BCUT2D eigenvalue weighted by atomic mass is 9.76. The third-order valence-corrected chi connectivity index (χ3v) is 3.27. The van der Waals surface area contributed by atoms with Crippen LogP contribution in [0.5, 0.6) is 0 Å². The number of hydrogen-bond donors (Lipinski definition) is 1. The molecule has 0 saturated heterocycles. The van der Waals surface area contributed by atoms with E-state index in [4.69, 9.17) is 15.2 Å². The molecule has 0 aliphatic carbocycles. The highest BCUT2D eigenvalue weighted by atomic mass is 16.6. The number of benzene rings is 1. The van der Waals surface area contributed by atoms with E-state index < -0.39 is 17.4 Å². The van der Waals surface area contributed by atoms with E-state index in [2.05, 4.69) is 0 Å². The fraction of sp³-hybridized carbons (Fsp3) is 0.500. The monoisotopic (exact) mass is 293 g/mol. The lowest BCUT2D eigenvalue weighted by molar-refractivity contribution is -0.165. The Kier molecular flexibility index (Phi) is 6.88. The SMILES string of the molecule is CCOC(=O)C(CCCN)(C(=O)OCC)c1ccccc1. The lowest BCUT2D eigenvalue weighted by Gasteiger charge is -2.29. The fourth-order valence-electron chi connectivity index (χ4n) is 2.27. The maximum atomic E-state index is 12.5. The van der Waals surface area contributed by atoms with Gasteiger partial charge >= 0.3 is 11.9 Å². The summed E-state index contributed by atoms with van der Waals surface area (Å²) in [6.07, 6.45) is 0.789. The van der Waals surface area contributed by atoms with Gasteiger partial charge in [0.1, 0.15) is 0 Å². The highest BCUT2D eigenvalue weighted by molar-refractivity contribution is 6.06. The number of rotatable bonds is 8. The van der Waals surface area contributed by atoms with Gasteiger partial charge in [-0.1, -0.05) is 30.3 Å². The second-order valence-electron chi connectivity index (χ2n) is 4.60. The van der Waals surface area contributed by atoms with Crippen molar-refractivity contribution in [2.75, 3.05) is 19.8 Å². The third-order valence-electron chi connectivity index (χ3n) is 3.27. The van der Waals surface area contributed by atoms with E-state index in [1.807, 2.05) is 6.07 Å². The van der Waals surface area contributed by atoms with Gasteiger partial charge in [-0.2, -0.15) is 0 Å². The van der Waals surface area contributed by atoms with Crippen LogP contribution in [-0.4, -0.2) is 31.7 Å². The lowest BCUT2D eigenvalue weighted by Crippen LogP contribution is -2.46. The number of carbonyl (C=O) groups is 2. The fourth-order valence-corrected chi connectivity index (χ4v) is 2.27. The van der Waals surface area contributed by atoms with Crippen LogP contribution in [-0.2, 0) is 24.5 Å². The highest BCUT2D eigenvalue weighted by Gasteiger charge is 2.49. The zero-order valence-corrected chi connectivity index (χ0v) is 12.6. The first-order valence-corrected chi connectivity index (χ1v) is 7.23. The summed E-state index contributed by atoms with van der Waals surface area (Å²) in [6.45, 7) is 4.21. The first kappa shape index (κ1) is 17.2. The van der Waals surface area contributed by atoms with Crippen LogP contribution in [0.25, 0.3) is 0 Å². The van der Waals surface area contributed by atoms with Crippen LogP contribution in [0.1, 0.15) is 32.3 Å². The molecule has 0 aliphatic rings. The third kappa shape index (κ3) is 3.82. The maximum Gasteiger partial charge on any atom is 0.328 e. The molecule has 5 heteroatoms. The predicted octanol–water partition coefficient (Wildman–Crippen LogP) is 1.79. The molecule has 0 saturated carbocycles. The summed E-state index contributed by atoms with van der Waals surface area (Å²) in [5.41, 5.74) is 4.70. The molecule has 1 aromatic carbocycles. The summed E-state index contributed by atoms with van der Waals surface area (Å²) in [5, 5.41) is 0. The van der Waals surface area contributed by atoms with Crippen molar-refractivity contribution in [3.8, 4) is 0 Å². The quantitative estimate of drug-likeness (QED) is 0.584. The molecule has 1 aromatic rings. The number of nitrogens with two attached hydrogens (primary N) is 1. The van der Waals surface area contributed by atoms with Gasteiger partial charge in [-0.25, -0.2) is 0 Å². The normalized spacial score (nSPS) is 11.0. The van der Waals surface area contributed by atoms with Crippen molar-refractivity contribution < 1.29 is 19.1 Å². The second-order valence-corrected chi connectivity index (χ2v) is 4.60. The van der Waals surface area contributed by atoms with Crippen LogP contribution in [0.15, 0.2) is 30.3 Å². The maximum absolute atomic E-state index is 12.5. The van der Waals surface area contributed by atoms with Crippen molar-refractivity contribution >= 4 is 11.9 Å². The standard InChI is InChI=1S/C16H23NO4/c1-3-20-14(18)16(11-8-12-17,15(19)21-4-2)13-9-6-5-7-10-13/h5-7,9-10H,3-4,8,11-12,17H2,1-2H3. The van der Waals surface area contributed by atoms with Crippen molar-refractivity contribution in [2.24, 2.45) is 5.73 Å². The van der Waals surface area contributed by atoms with Gasteiger partial charge in [-0.3, -0.25) is 9.59 Å². The van der Waals surface area contributed by atoms with Crippen LogP contribution < -0.4 is 5.73 Å². The number of hydrogen-bond acceptors (Lipinski definition) is 5. The summed E-state index contributed by atoms with van der Waals surface area (Å²) >= 11 is 0. The minimum absolute atomic E-state index is 0.204. The number of ether oxygens (including phenoxy) is 2. The first-order valence-electron chi connectivity index (χ1n) is 7.23. The van der Waals surface area contributed by atoms with Crippen molar-refractivity contribution in [1.82, 2.24) is 0 Å². The summed E-state index contributed by atoms with van der Waals surface area (Å²) in [6, 6.07) is 8.87. The van der Waals surface area contributed by atoms with Gasteiger partial charge in [0.15, 0.2) is 5.41 Å². The topological polar surface area (TPSA) is 78.6 Å². The predicted molar refractivity (Wildman–Crippen MR) is 79.7 cm³/mol. The van der Waals surface area contributed by atoms with Gasteiger partial charge in [-0.05, 0) is 38.8 Å². The van der Waals surface area contributed by atoms with Crippen LogP contribution in [0.2, 0.25) is 0 Å². The van der Waals surface area contributed by atoms with Crippen LogP contribution in [0, 0.1) is 0 Å². The molecule has 0 bridgehead atoms. The Bertz CT molecular complexity index is 441. The molecule has 0 amide bonds. The molecule has 0 unspecified atom stereocenters. The van der Waals surface area contributed by atoms with Crippen LogP contribution >= 0.6 is 0 Å². The molecule has 21 heavy (non-hydrogen) atoms. The summed E-state index contributed by atoms with van der Waals surface area (Å²) in [5.74, 6) is -1.16. The summed E-state index contributed by atoms with van der Waals surface area (Å²) in [4.78, 5) is 25.0. The molecule has 2 N–H and O–H groups in total. The van der Waals surface area contributed by atoms with Gasteiger partial charge in [0.25, 0.3) is 0 Å². The minimum Gasteiger partial charge on any atom is -0.465 e. The van der Waals surface area contributed by atoms with Crippen LogP contribution in [0.3, 0.4) is 0 Å². The Labute approximate surface area is 125 Å². The van der Waals surface area contributed by atoms with Crippen molar-refractivity contribution in [1.29, 1.82) is 0 Å². The summed E-state index contributed by atoms with van der Waals surface area (Å²) < 4.78 is 10.3. The molecule has 116 valence electrons. The zero-order valence-electron chi connectivity index (χ0n) is 12.6. The smallest absolute Gasteiger partial charge is 0.328 e. The van der Waals surface area contributed by atoms with Crippen LogP contribution in [0.4, 0.5) is 0 Å². The van der Waals surface area contributed by atoms with Gasteiger partial charge < -0.3 is 15.2 Å². The van der Waals surface area contributed by atoms with E-state index in [1.165, 1.54) is 0 Å². The van der Waals surface area contributed by atoms with Gasteiger partial charge in [0, 0.05) is 0 Å². The van der Waals surface area contributed by atoms with E-state index in [9.17, 15) is 9.59 Å². The molecular weight excluding hydrogens is 270 g/mol. The second kappa shape index (κ2) is 8.42. The molecule has 0 spiro atoms.